The molecule has 12 nitrogen and oxygen atoms in total. The third-order valence-corrected chi connectivity index (χ3v) is 7.08. The molecule has 3 aromatic heterocycles. The van der Waals surface area contributed by atoms with Crippen molar-refractivity contribution in [3.8, 4) is 17.3 Å². The number of nitrogens with two attached hydrogens (primary N) is 1. The Morgan fingerprint density at radius 3 is 2.44 bits per heavy atom. The highest BCUT2D eigenvalue weighted by Crippen LogP contribution is 2.31. The minimum absolute atomic E-state index is 0.0428. The number of fused-ring (bicyclic) bond motifs is 1. The summed E-state index contributed by atoms with van der Waals surface area (Å²) < 4.78 is 40.7. The maximum Gasteiger partial charge on any atom is 0.296 e. The first-order chi connectivity index (χ1) is 20.1. The zero-order valence-electron chi connectivity index (χ0n) is 22.5. The number of pyridine rings is 1. The fraction of sp³-hybridized carbons (Fsp3) is 0.444. The van der Waals surface area contributed by atoms with Gasteiger partial charge in [-0.2, -0.15) is 15.0 Å². The summed E-state index contributed by atoms with van der Waals surface area (Å²) in [7, 11) is 0. The Kier molecular flexibility index (Phi) is 8.11. The standard InChI is InChI=1S/C27H32F2N10O2/c28-22(29)25-33-20-4-1-2-5-21(20)39(25)27-35-24(34-26(36-27)38-10-14-41-15-11-38)19-16-18(30)17-32-23(19)31-6-3-7-37-8-12-40-13-9-37/h1-2,4-5,16-17,22H,3,6-15,30H2,(H,31,32). The van der Waals surface area contributed by atoms with E-state index >= 15 is 0 Å². The summed E-state index contributed by atoms with van der Waals surface area (Å²) >= 11 is 0. The number of anilines is 3. The summed E-state index contributed by atoms with van der Waals surface area (Å²) in [6, 6.07) is 8.66. The summed E-state index contributed by atoms with van der Waals surface area (Å²) in [4.78, 5) is 27.1. The number of hydrogen-bond donors (Lipinski definition) is 2. The van der Waals surface area contributed by atoms with Gasteiger partial charge in [-0.3, -0.25) is 9.47 Å². The van der Waals surface area contributed by atoms with Gasteiger partial charge in [0.25, 0.3) is 6.43 Å². The number of nitrogen functional groups attached to an aromatic ring is 1. The molecule has 0 atom stereocenters. The van der Waals surface area contributed by atoms with Crippen LogP contribution in [-0.4, -0.2) is 100 Å². The number of benzene rings is 1. The van der Waals surface area contributed by atoms with Crippen molar-refractivity contribution in [2.45, 2.75) is 12.8 Å². The highest BCUT2D eigenvalue weighted by atomic mass is 19.3. The second kappa shape index (κ2) is 12.2. The first-order valence-electron chi connectivity index (χ1n) is 13.7. The third-order valence-electron chi connectivity index (χ3n) is 7.08. The predicted molar refractivity (Wildman–Crippen MR) is 150 cm³/mol. The lowest BCUT2D eigenvalue weighted by Gasteiger charge is -2.27. The van der Waals surface area contributed by atoms with Crippen LogP contribution in [-0.2, 0) is 9.47 Å². The monoisotopic (exact) mass is 566 g/mol. The predicted octanol–water partition coefficient (Wildman–Crippen LogP) is 2.76. The Morgan fingerprint density at radius 1 is 0.927 bits per heavy atom. The van der Waals surface area contributed by atoms with Gasteiger partial charge in [0, 0.05) is 32.7 Å². The molecule has 0 bridgehead atoms. The van der Waals surface area contributed by atoms with Crippen molar-refractivity contribution in [2.75, 3.05) is 81.6 Å². The fourth-order valence-corrected chi connectivity index (χ4v) is 5.01. The van der Waals surface area contributed by atoms with E-state index in [2.05, 4.69) is 30.2 Å². The topological polar surface area (TPSA) is 132 Å². The first-order valence-corrected chi connectivity index (χ1v) is 13.7. The molecule has 0 aliphatic carbocycles. The van der Waals surface area contributed by atoms with Crippen molar-refractivity contribution in [2.24, 2.45) is 0 Å². The maximum atomic E-state index is 14.2. The Morgan fingerprint density at radius 2 is 1.66 bits per heavy atom. The number of imidazole rings is 1. The molecule has 0 radical (unpaired) electrons. The van der Waals surface area contributed by atoms with Crippen LogP contribution in [0.2, 0.25) is 0 Å². The summed E-state index contributed by atoms with van der Waals surface area (Å²) in [6.07, 6.45) is -0.379. The van der Waals surface area contributed by atoms with E-state index in [4.69, 9.17) is 20.2 Å². The van der Waals surface area contributed by atoms with Gasteiger partial charge in [0.05, 0.1) is 54.9 Å². The van der Waals surface area contributed by atoms with Gasteiger partial charge in [0.15, 0.2) is 11.6 Å². The number of morpholine rings is 2. The molecule has 6 rings (SSSR count). The smallest absolute Gasteiger partial charge is 0.296 e. The molecule has 0 amide bonds. The van der Waals surface area contributed by atoms with Gasteiger partial charge in [-0.05, 0) is 31.2 Å². The second-order valence-electron chi connectivity index (χ2n) is 9.85. The van der Waals surface area contributed by atoms with Crippen molar-refractivity contribution >= 4 is 28.5 Å². The average molecular weight is 567 g/mol. The van der Waals surface area contributed by atoms with Gasteiger partial charge >= 0.3 is 0 Å². The average Bonchev–Trinajstić information content (AvgIpc) is 3.41. The lowest BCUT2D eigenvalue weighted by Crippen LogP contribution is -2.37. The zero-order chi connectivity index (χ0) is 28.2. The van der Waals surface area contributed by atoms with Crippen LogP contribution in [0.25, 0.3) is 28.4 Å². The molecule has 14 heteroatoms. The third kappa shape index (κ3) is 6.04. The molecule has 0 spiro atoms. The summed E-state index contributed by atoms with van der Waals surface area (Å²) in [5.74, 6) is 0.775. The van der Waals surface area contributed by atoms with E-state index < -0.39 is 12.2 Å². The summed E-state index contributed by atoms with van der Waals surface area (Å²) in [5, 5.41) is 3.39. The molecular weight excluding hydrogens is 534 g/mol. The number of para-hydroxylation sites is 2. The van der Waals surface area contributed by atoms with Crippen LogP contribution in [0, 0.1) is 0 Å². The molecular formula is C27H32F2N10O2. The number of hydrogen-bond acceptors (Lipinski definition) is 11. The number of ether oxygens (including phenoxy) is 2. The fourth-order valence-electron chi connectivity index (χ4n) is 5.01. The number of nitrogens with zero attached hydrogens (tertiary/aromatic N) is 8. The SMILES string of the molecule is Nc1cnc(NCCCN2CCOCC2)c(-c2nc(N3CCOCC3)nc(-n3c(C(F)F)nc4ccccc43)n2)c1. The van der Waals surface area contributed by atoms with Crippen molar-refractivity contribution in [1.29, 1.82) is 0 Å². The normalized spacial score (nSPS) is 16.5. The first kappa shape index (κ1) is 27.2. The van der Waals surface area contributed by atoms with Gasteiger partial charge in [-0.15, -0.1) is 0 Å². The maximum absolute atomic E-state index is 14.2. The Labute approximate surface area is 235 Å². The quantitative estimate of drug-likeness (QED) is 0.290. The summed E-state index contributed by atoms with van der Waals surface area (Å²) in [5.41, 5.74) is 8.02. The van der Waals surface area contributed by atoms with Gasteiger partial charge < -0.3 is 25.4 Å². The minimum Gasteiger partial charge on any atom is -0.397 e. The second-order valence-corrected chi connectivity index (χ2v) is 9.85. The van der Waals surface area contributed by atoms with E-state index in [1.165, 1.54) is 4.57 Å². The molecule has 2 fully saturated rings. The minimum atomic E-state index is -2.84. The van der Waals surface area contributed by atoms with Crippen LogP contribution < -0.4 is 16.0 Å². The van der Waals surface area contributed by atoms with Gasteiger partial charge in [-0.1, -0.05) is 12.1 Å². The molecule has 2 aliphatic rings. The number of alkyl halides is 2. The van der Waals surface area contributed by atoms with Crippen LogP contribution in [0.3, 0.4) is 0 Å². The van der Waals surface area contributed by atoms with E-state index in [1.54, 1.807) is 36.5 Å². The highest BCUT2D eigenvalue weighted by molar-refractivity contribution is 5.78. The van der Waals surface area contributed by atoms with Crippen LogP contribution in [0.4, 0.5) is 26.2 Å². The van der Waals surface area contributed by atoms with E-state index in [-0.39, 0.29) is 11.8 Å². The van der Waals surface area contributed by atoms with Crippen molar-refractivity contribution < 1.29 is 18.3 Å². The number of rotatable bonds is 9. The summed E-state index contributed by atoms with van der Waals surface area (Å²) in [6.45, 7) is 7.06. The van der Waals surface area contributed by atoms with E-state index in [9.17, 15) is 8.78 Å². The molecule has 5 heterocycles. The molecule has 216 valence electrons. The molecule has 0 unspecified atom stereocenters. The number of aromatic nitrogens is 6. The van der Waals surface area contributed by atoms with E-state index in [0.29, 0.717) is 66.9 Å². The Balaban J connectivity index is 1.39. The zero-order valence-corrected chi connectivity index (χ0v) is 22.5. The molecule has 41 heavy (non-hydrogen) atoms. The molecule has 3 N–H and O–H groups in total. The highest BCUT2D eigenvalue weighted by Gasteiger charge is 2.25. The van der Waals surface area contributed by atoms with Crippen LogP contribution in [0.5, 0.6) is 0 Å². The van der Waals surface area contributed by atoms with Gasteiger partial charge in [0.2, 0.25) is 11.9 Å². The van der Waals surface area contributed by atoms with Crippen LogP contribution >= 0.6 is 0 Å². The van der Waals surface area contributed by atoms with Gasteiger partial charge in [-0.25, -0.2) is 18.7 Å². The van der Waals surface area contributed by atoms with Crippen LogP contribution in [0.1, 0.15) is 18.7 Å². The van der Waals surface area contributed by atoms with Crippen molar-refractivity contribution in [3.05, 3.63) is 42.4 Å². The number of halogens is 2. The Hall–Kier alpha value is -4.01. The molecule has 0 saturated carbocycles. The molecule has 2 aliphatic heterocycles. The van der Waals surface area contributed by atoms with Crippen molar-refractivity contribution in [3.63, 3.8) is 0 Å². The molecule has 2 saturated heterocycles. The van der Waals surface area contributed by atoms with Gasteiger partial charge in [0.1, 0.15) is 5.82 Å². The Bertz CT molecular complexity index is 1490. The molecule has 1 aromatic carbocycles. The number of nitrogens with one attached hydrogen (secondary N) is 1. The lowest BCUT2D eigenvalue weighted by atomic mass is 10.2. The largest absolute Gasteiger partial charge is 0.397 e. The van der Waals surface area contributed by atoms with Crippen LogP contribution in [0.15, 0.2) is 36.5 Å². The molecule has 4 aromatic rings. The van der Waals surface area contributed by atoms with E-state index in [0.717, 1.165) is 39.3 Å². The van der Waals surface area contributed by atoms with E-state index in [1.807, 2.05) is 4.90 Å². The lowest BCUT2D eigenvalue weighted by molar-refractivity contribution is 0.0378. The van der Waals surface area contributed by atoms with Crippen molar-refractivity contribution in [1.82, 2.24) is 34.4 Å².